The number of hydrogen-bond acceptors (Lipinski definition) is 4. The molecule has 0 saturated heterocycles. The lowest BCUT2D eigenvalue weighted by Crippen LogP contribution is -2.33. The number of esters is 1. The van der Waals surface area contributed by atoms with Crippen LogP contribution in [0.25, 0.3) is 10.1 Å². The van der Waals surface area contributed by atoms with Crippen LogP contribution in [-0.2, 0) is 9.53 Å². The van der Waals surface area contributed by atoms with Crippen LogP contribution in [0.4, 0.5) is 4.39 Å². The molecule has 2 rings (SSSR count). The molecule has 0 aliphatic heterocycles. The van der Waals surface area contributed by atoms with Crippen molar-refractivity contribution in [2.75, 3.05) is 20.7 Å². The fourth-order valence-electron chi connectivity index (χ4n) is 2.09. The lowest BCUT2D eigenvalue weighted by molar-refractivity contribution is -0.145. The van der Waals surface area contributed by atoms with Gasteiger partial charge < -0.3 is 9.64 Å². The van der Waals surface area contributed by atoms with Gasteiger partial charge in [-0.05, 0) is 18.2 Å². The molecule has 0 N–H and O–H groups in total. The smallest absolute Gasteiger partial charge is 0.310 e. The first-order chi connectivity index (χ1) is 9.93. The van der Waals surface area contributed by atoms with Crippen molar-refractivity contribution in [2.24, 2.45) is 5.92 Å². The molecule has 6 heteroatoms. The fraction of sp³-hybridized carbons (Fsp3) is 0.333. The zero-order chi connectivity index (χ0) is 15.6. The number of carbonyl (C=O) groups excluding carboxylic acids is 2. The van der Waals surface area contributed by atoms with Crippen LogP contribution >= 0.6 is 11.3 Å². The quantitative estimate of drug-likeness (QED) is 0.816. The molecule has 1 aromatic heterocycles. The van der Waals surface area contributed by atoms with Gasteiger partial charge in [0.1, 0.15) is 5.82 Å². The van der Waals surface area contributed by atoms with Crippen molar-refractivity contribution in [3.05, 3.63) is 35.0 Å². The molecular formula is C15H16FNO3S. The summed E-state index contributed by atoms with van der Waals surface area (Å²) in [5, 5.41) is 0.445. The van der Waals surface area contributed by atoms with Crippen LogP contribution in [-0.4, -0.2) is 37.5 Å². The van der Waals surface area contributed by atoms with Gasteiger partial charge in [0, 0.05) is 23.7 Å². The summed E-state index contributed by atoms with van der Waals surface area (Å²) in [5.41, 5.74) is 0. The Kier molecular flexibility index (Phi) is 4.57. The van der Waals surface area contributed by atoms with E-state index in [1.165, 1.54) is 29.4 Å². The number of hydrogen-bond donors (Lipinski definition) is 0. The largest absolute Gasteiger partial charge is 0.469 e. The first-order valence-electron chi connectivity index (χ1n) is 6.45. The average Bonchev–Trinajstić information content (AvgIpc) is 2.90. The summed E-state index contributed by atoms with van der Waals surface area (Å²) >= 11 is 1.24. The van der Waals surface area contributed by atoms with Crippen molar-refractivity contribution in [1.82, 2.24) is 4.90 Å². The SMILES string of the molecule is COC(=O)C(C)CN(C)C(=O)c1cc2c(F)cccc2s1. The second-order valence-electron chi connectivity index (χ2n) is 4.87. The molecule has 1 heterocycles. The second kappa shape index (κ2) is 6.22. The molecule has 21 heavy (non-hydrogen) atoms. The third-order valence-electron chi connectivity index (χ3n) is 3.22. The Bertz CT molecular complexity index is 683. The van der Waals surface area contributed by atoms with E-state index in [4.69, 9.17) is 0 Å². The topological polar surface area (TPSA) is 46.6 Å². The molecule has 1 atom stereocenters. The minimum Gasteiger partial charge on any atom is -0.469 e. The molecule has 4 nitrogen and oxygen atoms in total. The maximum Gasteiger partial charge on any atom is 0.310 e. The van der Waals surface area contributed by atoms with Gasteiger partial charge in [0.05, 0.1) is 17.9 Å². The number of ether oxygens (including phenoxy) is 1. The monoisotopic (exact) mass is 309 g/mol. The third kappa shape index (κ3) is 3.21. The van der Waals surface area contributed by atoms with Gasteiger partial charge in [-0.15, -0.1) is 11.3 Å². The van der Waals surface area contributed by atoms with E-state index in [-0.39, 0.29) is 24.2 Å². The molecule has 2 aromatic rings. The van der Waals surface area contributed by atoms with Crippen LogP contribution < -0.4 is 0 Å². The number of halogens is 1. The van der Waals surface area contributed by atoms with Crippen LogP contribution in [0.2, 0.25) is 0 Å². The molecular weight excluding hydrogens is 293 g/mol. The van der Waals surface area contributed by atoms with Gasteiger partial charge in [-0.1, -0.05) is 13.0 Å². The van der Waals surface area contributed by atoms with Gasteiger partial charge in [0.15, 0.2) is 0 Å². The Balaban J connectivity index is 2.18. The molecule has 0 aliphatic rings. The molecule has 1 aromatic carbocycles. The van der Waals surface area contributed by atoms with E-state index in [2.05, 4.69) is 4.74 Å². The second-order valence-corrected chi connectivity index (χ2v) is 5.96. The van der Waals surface area contributed by atoms with Crippen molar-refractivity contribution in [2.45, 2.75) is 6.92 Å². The van der Waals surface area contributed by atoms with Crippen LogP contribution in [0.15, 0.2) is 24.3 Å². The van der Waals surface area contributed by atoms with Crippen molar-refractivity contribution in [1.29, 1.82) is 0 Å². The molecule has 0 radical (unpaired) electrons. The lowest BCUT2D eigenvalue weighted by atomic mass is 10.1. The zero-order valence-electron chi connectivity index (χ0n) is 12.1. The normalized spacial score (nSPS) is 12.2. The highest BCUT2D eigenvalue weighted by atomic mass is 32.1. The number of amides is 1. The Labute approximate surface area is 126 Å². The number of thiophene rings is 1. The average molecular weight is 309 g/mol. The minimum atomic E-state index is -0.407. The molecule has 1 amide bonds. The molecule has 1 unspecified atom stereocenters. The third-order valence-corrected chi connectivity index (χ3v) is 4.31. The minimum absolute atomic E-state index is 0.230. The van der Waals surface area contributed by atoms with Gasteiger partial charge in [0.25, 0.3) is 5.91 Å². The maximum absolute atomic E-state index is 13.6. The van der Waals surface area contributed by atoms with E-state index in [1.807, 2.05) is 0 Å². The van der Waals surface area contributed by atoms with Gasteiger partial charge in [-0.3, -0.25) is 9.59 Å². The molecule has 0 spiro atoms. The van der Waals surface area contributed by atoms with E-state index in [9.17, 15) is 14.0 Å². The van der Waals surface area contributed by atoms with Gasteiger partial charge in [0.2, 0.25) is 0 Å². The van der Waals surface area contributed by atoms with E-state index in [0.717, 1.165) is 4.70 Å². The molecule has 0 bridgehead atoms. The summed E-state index contributed by atoms with van der Waals surface area (Å²) in [6, 6.07) is 6.31. The van der Waals surface area contributed by atoms with Gasteiger partial charge >= 0.3 is 5.97 Å². The van der Waals surface area contributed by atoms with Crippen LogP contribution in [0.1, 0.15) is 16.6 Å². The van der Waals surface area contributed by atoms with Crippen molar-refractivity contribution >= 4 is 33.3 Å². The van der Waals surface area contributed by atoms with Crippen LogP contribution in [0, 0.1) is 11.7 Å². The Hall–Kier alpha value is -1.95. The Morgan fingerprint density at radius 1 is 1.43 bits per heavy atom. The predicted molar refractivity (Wildman–Crippen MR) is 79.9 cm³/mol. The number of fused-ring (bicyclic) bond motifs is 1. The van der Waals surface area contributed by atoms with Crippen LogP contribution in [0.3, 0.4) is 0 Å². The van der Waals surface area contributed by atoms with E-state index >= 15 is 0 Å². The van der Waals surface area contributed by atoms with E-state index in [0.29, 0.717) is 10.3 Å². The molecule has 0 saturated carbocycles. The molecule has 112 valence electrons. The Morgan fingerprint density at radius 2 is 2.14 bits per heavy atom. The summed E-state index contributed by atoms with van der Waals surface area (Å²) in [5.74, 6) is -1.34. The maximum atomic E-state index is 13.6. The molecule has 0 aliphatic carbocycles. The Morgan fingerprint density at radius 3 is 2.76 bits per heavy atom. The van der Waals surface area contributed by atoms with Gasteiger partial charge in [-0.2, -0.15) is 0 Å². The number of nitrogens with zero attached hydrogens (tertiary/aromatic N) is 1. The van der Waals surface area contributed by atoms with Crippen molar-refractivity contribution in [3.8, 4) is 0 Å². The first kappa shape index (κ1) is 15.4. The van der Waals surface area contributed by atoms with Crippen molar-refractivity contribution in [3.63, 3.8) is 0 Å². The fourth-order valence-corrected chi connectivity index (χ4v) is 3.16. The molecule has 0 fully saturated rings. The number of rotatable bonds is 4. The number of carbonyl (C=O) groups is 2. The number of methoxy groups -OCH3 is 1. The summed E-state index contributed by atoms with van der Waals surface area (Å²) in [7, 11) is 2.93. The van der Waals surface area contributed by atoms with Crippen molar-refractivity contribution < 1.29 is 18.7 Å². The van der Waals surface area contributed by atoms with E-state index in [1.54, 1.807) is 32.2 Å². The van der Waals surface area contributed by atoms with Gasteiger partial charge in [-0.25, -0.2) is 4.39 Å². The predicted octanol–water partition coefficient (Wildman–Crippen LogP) is 2.92. The highest BCUT2D eigenvalue weighted by Gasteiger charge is 2.21. The lowest BCUT2D eigenvalue weighted by Gasteiger charge is -2.19. The van der Waals surface area contributed by atoms with E-state index < -0.39 is 5.92 Å². The highest BCUT2D eigenvalue weighted by molar-refractivity contribution is 7.20. The summed E-state index contributed by atoms with van der Waals surface area (Å²) in [6.45, 7) is 1.95. The first-order valence-corrected chi connectivity index (χ1v) is 7.27. The standard InChI is InChI=1S/C15H16FNO3S/c1-9(15(19)20-3)8-17(2)14(18)13-7-10-11(16)5-4-6-12(10)21-13/h4-7,9H,8H2,1-3H3. The zero-order valence-corrected chi connectivity index (χ0v) is 12.9. The summed E-state index contributed by atoms with van der Waals surface area (Å²) in [6.07, 6.45) is 0. The highest BCUT2D eigenvalue weighted by Crippen LogP contribution is 2.28. The summed E-state index contributed by atoms with van der Waals surface area (Å²) in [4.78, 5) is 25.6. The number of benzene rings is 1. The van der Waals surface area contributed by atoms with Crippen LogP contribution in [0.5, 0.6) is 0 Å². The summed E-state index contributed by atoms with van der Waals surface area (Å²) < 4.78 is 19.0.